The second-order valence-electron chi connectivity index (χ2n) is 9.25. The fraction of sp³-hybridized carbons (Fsp3) is 0.667. The van der Waals surface area contributed by atoms with Crippen molar-refractivity contribution < 1.29 is 4.39 Å². The molecule has 0 amide bonds. The van der Waals surface area contributed by atoms with E-state index in [1.807, 2.05) is 13.1 Å². The average molecular weight is 385 g/mol. The van der Waals surface area contributed by atoms with Crippen LogP contribution in [0.2, 0.25) is 0 Å². The highest BCUT2D eigenvalue weighted by molar-refractivity contribution is 5.36. The Bertz CT molecular complexity index is 850. The summed E-state index contributed by atoms with van der Waals surface area (Å²) in [6.45, 7) is 6.63. The van der Waals surface area contributed by atoms with Crippen LogP contribution in [0.3, 0.4) is 0 Å². The highest BCUT2D eigenvalue weighted by atomic mass is 19.1. The smallest absolute Gasteiger partial charge is 0.158 e. The van der Waals surface area contributed by atoms with Crippen LogP contribution < -0.4 is 0 Å². The summed E-state index contributed by atoms with van der Waals surface area (Å²) < 4.78 is 15.7. The number of hydrogen-bond donors (Lipinski definition) is 0. The summed E-state index contributed by atoms with van der Waals surface area (Å²) in [5, 5.41) is 8.22. The quantitative estimate of drug-likeness (QED) is 0.815. The second kappa shape index (κ2) is 6.88. The Morgan fingerprint density at radius 1 is 1.18 bits per heavy atom. The van der Waals surface area contributed by atoms with E-state index in [0.29, 0.717) is 11.3 Å². The molecule has 2 saturated heterocycles. The van der Waals surface area contributed by atoms with Crippen LogP contribution in [0.4, 0.5) is 4.39 Å². The van der Waals surface area contributed by atoms with Crippen LogP contribution in [0.1, 0.15) is 49.3 Å². The lowest BCUT2D eigenvalue weighted by atomic mass is 9.78. The van der Waals surface area contributed by atoms with Crippen LogP contribution in [-0.4, -0.2) is 69.0 Å². The van der Waals surface area contributed by atoms with E-state index in [0.717, 1.165) is 49.0 Å². The first-order valence-electron chi connectivity index (χ1n) is 10.5. The summed E-state index contributed by atoms with van der Waals surface area (Å²) in [6.07, 6.45) is 9.30. The van der Waals surface area contributed by atoms with Gasteiger partial charge in [0, 0.05) is 24.7 Å². The third-order valence-electron chi connectivity index (χ3n) is 7.06. The van der Waals surface area contributed by atoms with Gasteiger partial charge in [-0.25, -0.2) is 14.1 Å². The van der Waals surface area contributed by atoms with Crippen LogP contribution in [0, 0.1) is 18.2 Å². The summed E-state index contributed by atoms with van der Waals surface area (Å²) in [4.78, 5) is 9.48. The predicted octanol–water partition coefficient (Wildman–Crippen LogP) is 2.77. The zero-order valence-corrected chi connectivity index (χ0v) is 16.8. The molecule has 0 N–H and O–H groups in total. The minimum Gasteiger partial charge on any atom is -0.305 e. The first kappa shape index (κ1) is 18.2. The molecular weight excluding hydrogens is 355 g/mol. The van der Waals surface area contributed by atoms with Gasteiger partial charge in [0.2, 0.25) is 0 Å². The Hall–Kier alpha value is -1.86. The van der Waals surface area contributed by atoms with Gasteiger partial charge in [-0.3, -0.25) is 0 Å². The molecular formula is C21H29FN6. The van der Waals surface area contributed by atoms with Crippen LogP contribution >= 0.6 is 0 Å². The Morgan fingerprint density at radius 3 is 2.64 bits per heavy atom. The van der Waals surface area contributed by atoms with Gasteiger partial charge in [-0.2, -0.15) is 0 Å². The Kier molecular flexibility index (Phi) is 4.47. The van der Waals surface area contributed by atoms with Crippen LogP contribution in [-0.2, 0) is 0 Å². The third kappa shape index (κ3) is 3.24. The fourth-order valence-electron chi connectivity index (χ4n) is 5.84. The summed E-state index contributed by atoms with van der Waals surface area (Å²) >= 11 is 0. The van der Waals surface area contributed by atoms with Gasteiger partial charge in [0.1, 0.15) is 5.82 Å². The van der Waals surface area contributed by atoms with Crippen molar-refractivity contribution in [3.8, 4) is 5.82 Å². The normalized spacial score (nSPS) is 26.0. The molecule has 1 atom stereocenters. The summed E-state index contributed by atoms with van der Waals surface area (Å²) in [5.41, 5.74) is 2.40. The zero-order valence-electron chi connectivity index (χ0n) is 16.8. The molecule has 2 aromatic rings. The van der Waals surface area contributed by atoms with Crippen LogP contribution in [0.15, 0.2) is 18.5 Å². The third-order valence-corrected chi connectivity index (χ3v) is 7.06. The minimum absolute atomic E-state index is 0.273. The highest BCUT2D eigenvalue weighted by Gasteiger charge is 2.48. The molecule has 6 nitrogen and oxygen atoms in total. The molecule has 1 aliphatic carbocycles. The first-order valence-corrected chi connectivity index (χ1v) is 10.5. The molecule has 1 spiro atoms. The van der Waals surface area contributed by atoms with Crippen LogP contribution in [0.25, 0.3) is 5.82 Å². The maximum absolute atomic E-state index is 14.0. The summed E-state index contributed by atoms with van der Waals surface area (Å²) in [7, 11) is 2.23. The van der Waals surface area contributed by atoms with Crippen molar-refractivity contribution in [2.45, 2.75) is 51.0 Å². The summed E-state index contributed by atoms with van der Waals surface area (Å²) in [6, 6.07) is 2.38. The van der Waals surface area contributed by atoms with Crippen molar-refractivity contribution in [1.29, 1.82) is 0 Å². The monoisotopic (exact) mass is 384 g/mol. The van der Waals surface area contributed by atoms with Gasteiger partial charge >= 0.3 is 0 Å². The van der Waals surface area contributed by atoms with Crippen molar-refractivity contribution in [2.24, 2.45) is 5.41 Å². The largest absolute Gasteiger partial charge is 0.305 e. The molecule has 0 bridgehead atoms. The van der Waals surface area contributed by atoms with E-state index in [9.17, 15) is 4.39 Å². The molecule has 5 rings (SSSR count). The number of aromatic nitrogens is 4. The maximum atomic E-state index is 14.0. The molecule has 28 heavy (non-hydrogen) atoms. The molecule has 7 heteroatoms. The topological polar surface area (TPSA) is 50.1 Å². The number of likely N-dealkylation sites (tertiary alicyclic amines) is 2. The lowest BCUT2D eigenvalue weighted by Crippen LogP contribution is -2.53. The van der Waals surface area contributed by atoms with Gasteiger partial charge in [-0.15, -0.1) is 5.10 Å². The minimum atomic E-state index is -0.273. The number of aryl methyl sites for hydroxylation is 1. The van der Waals surface area contributed by atoms with E-state index in [-0.39, 0.29) is 5.82 Å². The lowest BCUT2D eigenvalue weighted by molar-refractivity contribution is 0.0191. The molecule has 3 aliphatic rings. The van der Waals surface area contributed by atoms with Gasteiger partial charge in [0.15, 0.2) is 5.82 Å². The molecule has 0 radical (unpaired) electrons. The predicted molar refractivity (Wildman–Crippen MR) is 105 cm³/mol. The molecule has 150 valence electrons. The summed E-state index contributed by atoms with van der Waals surface area (Å²) in [5.74, 6) is 0.770. The number of rotatable bonds is 3. The second-order valence-corrected chi connectivity index (χ2v) is 9.25. The Balaban J connectivity index is 1.28. The maximum Gasteiger partial charge on any atom is 0.158 e. The number of nitrogens with zero attached hydrogens (tertiary/aromatic N) is 6. The van der Waals surface area contributed by atoms with Crippen molar-refractivity contribution >= 4 is 0 Å². The van der Waals surface area contributed by atoms with Gasteiger partial charge in [-0.1, -0.05) is 5.21 Å². The van der Waals surface area contributed by atoms with E-state index < -0.39 is 0 Å². The van der Waals surface area contributed by atoms with Crippen molar-refractivity contribution in [1.82, 2.24) is 29.8 Å². The fourth-order valence-corrected chi connectivity index (χ4v) is 5.84. The van der Waals surface area contributed by atoms with Gasteiger partial charge in [0.25, 0.3) is 0 Å². The first-order chi connectivity index (χ1) is 13.5. The van der Waals surface area contributed by atoms with E-state index in [4.69, 9.17) is 0 Å². The SMILES string of the molecule is Cc1cn(-c2ncc(F)cc2C2CCN(C3CCC4(C3)CN(C)C4)CC2)nn1. The molecule has 4 heterocycles. The Labute approximate surface area is 165 Å². The van der Waals surface area contributed by atoms with Gasteiger partial charge in [-0.05, 0) is 76.6 Å². The van der Waals surface area contributed by atoms with E-state index in [1.54, 1.807) is 10.7 Å². The molecule has 0 aromatic carbocycles. The molecule has 1 unspecified atom stereocenters. The highest BCUT2D eigenvalue weighted by Crippen LogP contribution is 2.47. The van der Waals surface area contributed by atoms with Crippen molar-refractivity contribution in [3.05, 3.63) is 35.5 Å². The molecule has 2 aromatic heterocycles. The van der Waals surface area contributed by atoms with E-state index >= 15 is 0 Å². The van der Waals surface area contributed by atoms with E-state index in [1.165, 1.54) is 38.5 Å². The van der Waals surface area contributed by atoms with Crippen molar-refractivity contribution in [2.75, 3.05) is 33.2 Å². The van der Waals surface area contributed by atoms with E-state index in [2.05, 4.69) is 32.1 Å². The number of piperidine rings is 1. The Morgan fingerprint density at radius 2 is 1.96 bits per heavy atom. The number of pyridine rings is 1. The average Bonchev–Trinajstić information content (AvgIpc) is 3.29. The molecule has 3 fully saturated rings. The van der Waals surface area contributed by atoms with Crippen molar-refractivity contribution in [3.63, 3.8) is 0 Å². The standard InChI is InChI=1S/C21H29FN6/c1-15-12-28(25-24-15)20-19(9-17(22)11-23-20)16-4-7-27(8-5-16)18-3-6-21(10-18)13-26(2)14-21/h9,11-12,16,18H,3-8,10,13-14H2,1-2H3. The lowest BCUT2D eigenvalue weighted by Gasteiger charge is -2.47. The zero-order chi connectivity index (χ0) is 19.3. The van der Waals surface area contributed by atoms with Crippen LogP contribution in [0.5, 0.6) is 0 Å². The number of halogens is 1. The van der Waals surface area contributed by atoms with Gasteiger partial charge < -0.3 is 9.80 Å². The van der Waals surface area contributed by atoms with Gasteiger partial charge in [0.05, 0.1) is 18.1 Å². The molecule has 2 aliphatic heterocycles. The molecule has 1 saturated carbocycles. The number of hydrogen-bond acceptors (Lipinski definition) is 5.